The molecule has 0 unspecified atom stereocenters. The van der Waals surface area contributed by atoms with Crippen molar-refractivity contribution < 1.29 is 9.59 Å². The highest BCUT2D eigenvalue weighted by Crippen LogP contribution is 2.22. The zero-order valence-corrected chi connectivity index (χ0v) is 15.2. The smallest absolute Gasteiger partial charge is 0.269 e. The standard InChI is InChI=1S/C19H21N3O2S/c1-19(2,3)15-11-9-14(10-12-15)16(23)20-18(25)22-21-17(24)13-7-5-4-6-8-13/h4-12H,1-3H3,(H,21,24)(H2,20,22,23,25). The van der Waals surface area contributed by atoms with Crippen LogP contribution in [0.3, 0.4) is 0 Å². The summed E-state index contributed by atoms with van der Waals surface area (Å²) in [5.41, 5.74) is 7.10. The molecule has 0 aromatic heterocycles. The predicted octanol–water partition coefficient (Wildman–Crippen LogP) is 2.93. The van der Waals surface area contributed by atoms with E-state index in [0.717, 1.165) is 5.56 Å². The van der Waals surface area contributed by atoms with Gasteiger partial charge in [0.2, 0.25) is 0 Å². The van der Waals surface area contributed by atoms with Gasteiger partial charge in [-0.05, 0) is 47.5 Å². The van der Waals surface area contributed by atoms with E-state index in [1.54, 1.807) is 36.4 Å². The van der Waals surface area contributed by atoms with Gasteiger partial charge in [-0.15, -0.1) is 0 Å². The Hall–Kier alpha value is -2.73. The number of hydrazine groups is 1. The van der Waals surface area contributed by atoms with Gasteiger partial charge in [-0.3, -0.25) is 25.8 Å². The maximum absolute atomic E-state index is 12.2. The minimum atomic E-state index is -0.341. The van der Waals surface area contributed by atoms with E-state index in [-0.39, 0.29) is 22.3 Å². The first-order chi connectivity index (χ1) is 11.8. The Morgan fingerprint density at radius 2 is 1.36 bits per heavy atom. The monoisotopic (exact) mass is 355 g/mol. The molecule has 0 spiro atoms. The van der Waals surface area contributed by atoms with Gasteiger partial charge in [0, 0.05) is 11.1 Å². The summed E-state index contributed by atoms with van der Waals surface area (Å²) in [6.45, 7) is 6.32. The number of hydrogen-bond donors (Lipinski definition) is 3. The third-order valence-corrected chi connectivity index (χ3v) is 3.77. The largest absolute Gasteiger partial charge is 0.298 e. The second-order valence-electron chi connectivity index (χ2n) is 6.56. The van der Waals surface area contributed by atoms with Gasteiger partial charge in [0.1, 0.15) is 0 Å². The minimum Gasteiger partial charge on any atom is -0.298 e. The van der Waals surface area contributed by atoms with Crippen LogP contribution in [-0.4, -0.2) is 16.9 Å². The van der Waals surface area contributed by atoms with Crippen molar-refractivity contribution in [2.45, 2.75) is 26.2 Å². The number of nitrogens with one attached hydrogen (secondary N) is 3. The number of benzene rings is 2. The summed E-state index contributed by atoms with van der Waals surface area (Å²) in [5, 5.41) is 2.55. The molecule has 0 aliphatic rings. The zero-order valence-electron chi connectivity index (χ0n) is 14.4. The molecule has 5 nitrogen and oxygen atoms in total. The van der Waals surface area contributed by atoms with Crippen molar-refractivity contribution in [1.82, 2.24) is 16.2 Å². The van der Waals surface area contributed by atoms with Crippen LogP contribution in [0, 0.1) is 0 Å². The van der Waals surface area contributed by atoms with Gasteiger partial charge >= 0.3 is 0 Å². The van der Waals surface area contributed by atoms with Crippen LogP contribution < -0.4 is 16.2 Å². The van der Waals surface area contributed by atoms with E-state index in [0.29, 0.717) is 11.1 Å². The molecule has 130 valence electrons. The number of rotatable bonds is 2. The van der Waals surface area contributed by atoms with Crippen molar-refractivity contribution in [2.75, 3.05) is 0 Å². The van der Waals surface area contributed by atoms with Gasteiger partial charge in [0.15, 0.2) is 5.11 Å². The van der Waals surface area contributed by atoms with E-state index in [1.807, 2.05) is 18.2 Å². The number of carbonyl (C=O) groups is 2. The van der Waals surface area contributed by atoms with E-state index in [9.17, 15) is 9.59 Å². The lowest BCUT2D eigenvalue weighted by Gasteiger charge is -2.19. The van der Waals surface area contributed by atoms with Crippen LogP contribution in [0.15, 0.2) is 54.6 Å². The number of carbonyl (C=O) groups excluding carboxylic acids is 2. The first-order valence-corrected chi connectivity index (χ1v) is 8.25. The van der Waals surface area contributed by atoms with Crippen LogP contribution in [0.2, 0.25) is 0 Å². The predicted molar refractivity (Wildman–Crippen MR) is 102 cm³/mol. The number of amides is 2. The van der Waals surface area contributed by atoms with Gasteiger partial charge in [-0.1, -0.05) is 51.1 Å². The molecule has 3 N–H and O–H groups in total. The van der Waals surface area contributed by atoms with Crippen molar-refractivity contribution in [1.29, 1.82) is 0 Å². The molecular formula is C19H21N3O2S. The van der Waals surface area contributed by atoms with Crippen LogP contribution in [0.4, 0.5) is 0 Å². The first-order valence-electron chi connectivity index (χ1n) is 7.84. The Kier molecular flexibility index (Phi) is 5.88. The van der Waals surface area contributed by atoms with E-state index < -0.39 is 0 Å². The summed E-state index contributed by atoms with van der Waals surface area (Å²) >= 11 is 5.03. The lowest BCUT2D eigenvalue weighted by atomic mass is 9.87. The third kappa shape index (κ3) is 5.39. The molecule has 0 fully saturated rings. The maximum Gasteiger partial charge on any atom is 0.269 e. The molecule has 6 heteroatoms. The minimum absolute atomic E-state index is 0.0214. The summed E-state index contributed by atoms with van der Waals surface area (Å²) in [4.78, 5) is 24.1. The van der Waals surface area contributed by atoms with Gasteiger partial charge in [0.25, 0.3) is 11.8 Å². The second-order valence-corrected chi connectivity index (χ2v) is 6.96. The fraction of sp³-hybridized carbons (Fsp3) is 0.211. The Bertz CT molecular complexity index is 766. The summed E-state index contributed by atoms with van der Waals surface area (Å²) in [6.07, 6.45) is 0. The summed E-state index contributed by atoms with van der Waals surface area (Å²) in [5.74, 6) is -0.682. The van der Waals surface area contributed by atoms with Gasteiger partial charge in [-0.25, -0.2) is 0 Å². The molecule has 2 aromatic rings. The van der Waals surface area contributed by atoms with Crippen molar-refractivity contribution in [3.63, 3.8) is 0 Å². The van der Waals surface area contributed by atoms with Crippen molar-refractivity contribution in [3.8, 4) is 0 Å². The maximum atomic E-state index is 12.2. The van der Waals surface area contributed by atoms with E-state index in [4.69, 9.17) is 12.2 Å². The van der Waals surface area contributed by atoms with Crippen molar-refractivity contribution >= 4 is 29.1 Å². The molecular weight excluding hydrogens is 334 g/mol. The highest BCUT2D eigenvalue weighted by Gasteiger charge is 2.15. The molecule has 0 atom stereocenters. The topological polar surface area (TPSA) is 70.2 Å². The molecule has 0 heterocycles. The molecule has 0 radical (unpaired) electrons. The molecule has 2 aromatic carbocycles. The zero-order chi connectivity index (χ0) is 18.4. The second kappa shape index (κ2) is 7.90. The summed E-state index contributed by atoms with van der Waals surface area (Å²) in [7, 11) is 0. The quantitative estimate of drug-likeness (QED) is 0.572. The average Bonchev–Trinajstić information content (AvgIpc) is 2.59. The molecule has 0 aliphatic carbocycles. The molecule has 0 aliphatic heterocycles. The fourth-order valence-corrected chi connectivity index (χ4v) is 2.25. The SMILES string of the molecule is CC(C)(C)c1ccc(C(=O)NC(=S)NNC(=O)c2ccccc2)cc1. The van der Waals surface area contributed by atoms with Crippen LogP contribution in [0.5, 0.6) is 0 Å². The highest BCUT2D eigenvalue weighted by atomic mass is 32.1. The lowest BCUT2D eigenvalue weighted by molar-refractivity contribution is 0.0934. The van der Waals surface area contributed by atoms with E-state index in [2.05, 4.69) is 36.9 Å². The Balaban J connectivity index is 1.88. The molecule has 2 rings (SSSR count). The van der Waals surface area contributed by atoms with Crippen LogP contribution in [0.25, 0.3) is 0 Å². The van der Waals surface area contributed by atoms with Crippen molar-refractivity contribution in [2.24, 2.45) is 0 Å². The van der Waals surface area contributed by atoms with Crippen LogP contribution >= 0.6 is 12.2 Å². The molecule has 0 saturated heterocycles. The molecule has 0 bridgehead atoms. The van der Waals surface area contributed by atoms with Crippen molar-refractivity contribution in [3.05, 3.63) is 71.3 Å². The normalized spacial score (nSPS) is 10.7. The average molecular weight is 355 g/mol. The van der Waals surface area contributed by atoms with E-state index >= 15 is 0 Å². The van der Waals surface area contributed by atoms with Crippen LogP contribution in [0.1, 0.15) is 47.1 Å². The first kappa shape index (κ1) is 18.6. The fourth-order valence-electron chi connectivity index (χ4n) is 2.10. The molecule has 2 amide bonds. The van der Waals surface area contributed by atoms with Gasteiger partial charge in [0.05, 0.1) is 0 Å². The van der Waals surface area contributed by atoms with E-state index in [1.165, 1.54) is 0 Å². The molecule has 0 saturated carbocycles. The highest BCUT2D eigenvalue weighted by molar-refractivity contribution is 7.80. The Morgan fingerprint density at radius 1 is 0.800 bits per heavy atom. The Morgan fingerprint density at radius 3 is 1.92 bits per heavy atom. The summed E-state index contributed by atoms with van der Waals surface area (Å²) < 4.78 is 0. The van der Waals surface area contributed by atoms with Gasteiger partial charge in [-0.2, -0.15) is 0 Å². The van der Waals surface area contributed by atoms with Gasteiger partial charge < -0.3 is 0 Å². The third-order valence-electron chi connectivity index (χ3n) is 3.57. The summed E-state index contributed by atoms with van der Waals surface area (Å²) in [6, 6.07) is 16.0. The number of hydrogen-bond acceptors (Lipinski definition) is 3. The lowest BCUT2D eigenvalue weighted by Crippen LogP contribution is -2.48. The molecule has 25 heavy (non-hydrogen) atoms. The Labute approximate surface area is 152 Å². The number of thiocarbonyl (C=S) groups is 1. The van der Waals surface area contributed by atoms with Crippen LogP contribution in [-0.2, 0) is 5.41 Å².